The van der Waals surface area contributed by atoms with Gasteiger partial charge < -0.3 is 14.2 Å². The number of fused-ring (bicyclic) bond motifs is 2. The fraction of sp³-hybridized carbons (Fsp3) is 0.316. The van der Waals surface area contributed by atoms with Crippen molar-refractivity contribution in [2.75, 3.05) is 20.3 Å². The molecular weight excluding hydrogens is 292 g/mol. The fourth-order valence-electron chi connectivity index (χ4n) is 3.31. The van der Waals surface area contributed by atoms with Crippen LogP contribution in [0.4, 0.5) is 0 Å². The van der Waals surface area contributed by atoms with E-state index in [1.54, 1.807) is 7.11 Å². The zero-order valence-corrected chi connectivity index (χ0v) is 13.1. The number of hydrogen-bond acceptors (Lipinski definition) is 4. The minimum Gasteiger partial charge on any atom is -0.493 e. The van der Waals surface area contributed by atoms with Crippen LogP contribution >= 0.6 is 0 Å². The van der Waals surface area contributed by atoms with E-state index in [2.05, 4.69) is 6.07 Å². The highest BCUT2D eigenvalue weighted by atomic mass is 16.6. The Balaban J connectivity index is 1.84. The van der Waals surface area contributed by atoms with Crippen molar-refractivity contribution >= 4 is 5.78 Å². The zero-order valence-electron chi connectivity index (χ0n) is 13.1. The van der Waals surface area contributed by atoms with Crippen LogP contribution in [0.2, 0.25) is 0 Å². The monoisotopic (exact) mass is 310 g/mol. The average Bonchev–Trinajstić information content (AvgIpc) is 2.60. The summed E-state index contributed by atoms with van der Waals surface area (Å²) in [4.78, 5) is 12.0. The van der Waals surface area contributed by atoms with Gasteiger partial charge in [-0.15, -0.1) is 0 Å². The molecule has 2 aromatic rings. The highest BCUT2D eigenvalue weighted by molar-refractivity contribution is 5.99. The number of Topliss-reactive ketones (excluding diaryl/α,β-unsaturated/α-hetero) is 1. The first-order valence-corrected chi connectivity index (χ1v) is 7.91. The SMILES string of the molecule is COc1ccc(-c2ccc3c(c2)CCCC3=O)c2c1OCCO2. The quantitative estimate of drug-likeness (QED) is 0.849. The van der Waals surface area contributed by atoms with Crippen molar-refractivity contribution in [3.63, 3.8) is 0 Å². The first-order chi connectivity index (χ1) is 11.3. The summed E-state index contributed by atoms with van der Waals surface area (Å²) in [6.45, 7) is 1.04. The van der Waals surface area contributed by atoms with E-state index in [4.69, 9.17) is 14.2 Å². The van der Waals surface area contributed by atoms with E-state index in [9.17, 15) is 4.79 Å². The van der Waals surface area contributed by atoms with Crippen LogP contribution < -0.4 is 14.2 Å². The molecular formula is C19H18O4. The highest BCUT2D eigenvalue weighted by Crippen LogP contribution is 2.46. The van der Waals surface area contributed by atoms with Crippen molar-refractivity contribution in [3.8, 4) is 28.4 Å². The minimum atomic E-state index is 0.245. The van der Waals surface area contributed by atoms with E-state index in [1.165, 1.54) is 0 Å². The zero-order chi connectivity index (χ0) is 15.8. The molecule has 2 aromatic carbocycles. The van der Waals surface area contributed by atoms with Gasteiger partial charge in [-0.25, -0.2) is 0 Å². The van der Waals surface area contributed by atoms with Gasteiger partial charge in [0.15, 0.2) is 17.3 Å². The highest BCUT2D eigenvalue weighted by Gasteiger charge is 2.23. The van der Waals surface area contributed by atoms with Gasteiger partial charge in [0.2, 0.25) is 5.75 Å². The van der Waals surface area contributed by atoms with E-state index < -0.39 is 0 Å². The molecule has 0 radical (unpaired) electrons. The number of ketones is 1. The first kappa shape index (κ1) is 14.1. The number of rotatable bonds is 2. The summed E-state index contributed by atoms with van der Waals surface area (Å²) in [6.07, 6.45) is 2.53. The summed E-state index contributed by atoms with van der Waals surface area (Å²) in [5.74, 6) is 2.30. The Hall–Kier alpha value is -2.49. The van der Waals surface area contributed by atoms with Crippen molar-refractivity contribution in [1.29, 1.82) is 0 Å². The van der Waals surface area contributed by atoms with Crippen LogP contribution in [0.25, 0.3) is 11.1 Å². The number of aryl methyl sites for hydroxylation is 1. The van der Waals surface area contributed by atoms with Gasteiger partial charge in [-0.2, -0.15) is 0 Å². The van der Waals surface area contributed by atoms with Gasteiger partial charge in [0.1, 0.15) is 13.2 Å². The molecule has 0 aromatic heterocycles. The maximum absolute atomic E-state index is 12.0. The Morgan fingerprint density at radius 3 is 2.57 bits per heavy atom. The summed E-state index contributed by atoms with van der Waals surface area (Å²) >= 11 is 0. The molecule has 1 aliphatic heterocycles. The Morgan fingerprint density at radius 2 is 1.74 bits per heavy atom. The minimum absolute atomic E-state index is 0.245. The molecule has 1 heterocycles. The van der Waals surface area contributed by atoms with Crippen molar-refractivity contribution in [1.82, 2.24) is 0 Å². The van der Waals surface area contributed by atoms with E-state index in [1.807, 2.05) is 24.3 Å². The van der Waals surface area contributed by atoms with Crippen molar-refractivity contribution in [3.05, 3.63) is 41.5 Å². The summed E-state index contributed by atoms with van der Waals surface area (Å²) in [6, 6.07) is 9.91. The maximum Gasteiger partial charge on any atom is 0.204 e. The van der Waals surface area contributed by atoms with E-state index in [0.29, 0.717) is 31.1 Å². The topological polar surface area (TPSA) is 44.8 Å². The van der Waals surface area contributed by atoms with Gasteiger partial charge >= 0.3 is 0 Å². The molecule has 0 unspecified atom stereocenters. The second-order valence-corrected chi connectivity index (χ2v) is 5.82. The summed E-state index contributed by atoms with van der Waals surface area (Å²) in [5, 5.41) is 0. The van der Waals surface area contributed by atoms with Crippen LogP contribution in [0.1, 0.15) is 28.8 Å². The van der Waals surface area contributed by atoms with Crippen LogP contribution in [0.3, 0.4) is 0 Å². The average molecular weight is 310 g/mol. The molecule has 0 atom stereocenters. The van der Waals surface area contributed by atoms with Gasteiger partial charge in [-0.3, -0.25) is 4.79 Å². The number of methoxy groups -OCH3 is 1. The normalized spacial score (nSPS) is 16.0. The Labute approximate surface area is 135 Å². The molecule has 4 rings (SSSR count). The molecule has 0 bridgehead atoms. The smallest absolute Gasteiger partial charge is 0.204 e. The lowest BCUT2D eigenvalue weighted by Gasteiger charge is -2.23. The van der Waals surface area contributed by atoms with Crippen molar-refractivity contribution < 1.29 is 19.0 Å². The maximum atomic E-state index is 12.0. The number of ether oxygens (including phenoxy) is 3. The van der Waals surface area contributed by atoms with Gasteiger partial charge in [0.25, 0.3) is 0 Å². The van der Waals surface area contributed by atoms with E-state index in [0.717, 1.165) is 40.8 Å². The van der Waals surface area contributed by atoms with Crippen molar-refractivity contribution in [2.45, 2.75) is 19.3 Å². The van der Waals surface area contributed by atoms with Gasteiger partial charge in [-0.05, 0) is 36.1 Å². The van der Waals surface area contributed by atoms with Crippen molar-refractivity contribution in [2.24, 2.45) is 0 Å². The van der Waals surface area contributed by atoms with Gasteiger partial charge in [-0.1, -0.05) is 18.2 Å². The second-order valence-electron chi connectivity index (χ2n) is 5.82. The number of carbonyl (C=O) groups excluding carboxylic acids is 1. The molecule has 1 aliphatic carbocycles. The molecule has 4 heteroatoms. The Bertz CT molecular complexity index is 779. The summed E-state index contributed by atoms with van der Waals surface area (Å²) in [5.41, 5.74) is 4.00. The second kappa shape index (κ2) is 5.61. The number of hydrogen-bond donors (Lipinski definition) is 0. The molecule has 118 valence electrons. The predicted molar refractivity (Wildman–Crippen MR) is 86.7 cm³/mol. The Kier molecular flexibility index (Phi) is 3.45. The predicted octanol–water partition coefficient (Wildman–Crippen LogP) is 3.65. The number of carbonyl (C=O) groups is 1. The van der Waals surface area contributed by atoms with Crippen LogP contribution in [-0.2, 0) is 6.42 Å². The molecule has 0 spiro atoms. The van der Waals surface area contributed by atoms with Gasteiger partial charge in [0, 0.05) is 17.5 Å². The molecule has 0 fully saturated rings. The summed E-state index contributed by atoms with van der Waals surface area (Å²) in [7, 11) is 1.62. The Morgan fingerprint density at radius 1 is 0.957 bits per heavy atom. The first-order valence-electron chi connectivity index (χ1n) is 7.91. The largest absolute Gasteiger partial charge is 0.493 e. The number of benzene rings is 2. The van der Waals surface area contributed by atoms with Crippen LogP contribution in [0.15, 0.2) is 30.3 Å². The lowest BCUT2D eigenvalue weighted by molar-refractivity contribution is 0.0972. The molecule has 0 saturated heterocycles. The van der Waals surface area contributed by atoms with Crippen LogP contribution in [0.5, 0.6) is 17.2 Å². The van der Waals surface area contributed by atoms with Crippen LogP contribution in [0, 0.1) is 0 Å². The van der Waals surface area contributed by atoms with Crippen LogP contribution in [-0.4, -0.2) is 26.1 Å². The molecule has 2 aliphatic rings. The third kappa shape index (κ3) is 2.34. The van der Waals surface area contributed by atoms with Gasteiger partial charge in [0.05, 0.1) is 7.11 Å². The third-order valence-electron chi connectivity index (χ3n) is 4.44. The molecule has 0 N–H and O–H groups in total. The van der Waals surface area contributed by atoms with E-state index >= 15 is 0 Å². The third-order valence-corrected chi connectivity index (χ3v) is 4.44. The molecule has 0 amide bonds. The summed E-state index contributed by atoms with van der Waals surface area (Å²) < 4.78 is 16.9. The molecule has 4 nitrogen and oxygen atoms in total. The lowest BCUT2D eigenvalue weighted by Crippen LogP contribution is -2.16. The van der Waals surface area contributed by atoms with E-state index in [-0.39, 0.29) is 5.78 Å². The standard InChI is InChI=1S/C19H18O4/c1-21-17-8-7-15(18-19(17)23-10-9-22-18)13-5-6-14-12(11-13)3-2-4-16(14)20/h5-8,11H,2-4,9-10H2,1H3. The lowest BCUT2D eigenvalue weighted by atomic mass is 9.88. The molecule has 23 heavy (non-hydrogen) atoms. The fourth-order valence-corrected chi connectivity index (χ4v) is 3.31. The molecule has 0 saturated carbocycles.